The number of benzene rings is 1. The average Bonchev–Trinajstić information content (AvgIpc) is 2.64. The topological polar surface area (TPSA) is 38.0 Å². The highest BCUT2D eigenvalue weighted by Crippen LogP contribution is 2.26. The van der Waals surface area contributed by atoms with E-state index in [0.717, 1.165) is 21.4 Å². The van der Waals surface area contributed by atoms with Crippen LogP contribution in [0.3, 0.4) is 0 Å². The predicted molar refractivity (Wildman–Crippen MR) is 80.1 cm³/mol. The van der Waals surface area contributed by atoms with E-state index in [1.165, 1.54) is 6.07 Å². The molecule has 108 valence electrons. The summed E-state index contributed by atoms with van der Waals surface area (Å²) in [6.45, 7) is 3.95. The fourth-order valence-corrected chi connectivity index (χ4v) is 2.76. The molecule has 0 saturated heterocycles. The van der Waals surface area contributed by atoms with Gasteiger partial charge in [0.1, 0.15) is 5.82 Å². The van der Waals surface area contributed by atoms with Gasteiger partial charge >= 0.3 is 0 Å². The standard InChI is InChI=1S/C15H18BrFN2O/c1-9-12(10(2)19(3)18-9)5-7-15(20)13-8-11(16)4-6-14(13)17/h4,6,8,15,20H,5,7H2,1-3H3. The third-order valence-corrected chi connectivity index (χ3v) is 4.14. The van der Waals surface area contributed by atoms with Crippen LogP contribution in [0.25, 0.3) is 0 Å². The Morgan fingerprint density at radius 2 is 2.10 bits per heavy atom. The van der Waals surface area contributed by atoms with Gasteiger partial charge in [0, 0.05) is 22.8 Å². The second-order valence-electron chi connectivity index (χ2n) is 4.99. The number of hydrogen-bond acceptors (Lipinski definition) is 2. The summed E-state index contributed by atoms with van der Waals surface area (Å²) in [6.07, 6.45) is 0.339. The molecule has 0 aliphatic heterocycles. The molecule has 1 atom stereocenters. The summed E-state index contributed by atoms with van der Waals surface area (Å²) in [5.74, 6) is -0.375. The highest BCUT2D eigenvalue weighted by atomic mass is 79.9. The van der Waals surface area contributed by atoms with E-state index in [1.54, 1.807) is 12.1 Å². The molecule has 1 aromatic heterocycles. The first-order valence-electron chi connectivity index (χ1n) is 6.52. The summed E-state index contributed by atoms with van der Waals surface area (Å²) in [5, 5.41) is 14.5. The van der Waals surface area contributed by atoms with Crippen LogP contribution in [-0.4, -0.2) is 14.9 Å². The Hall–Kier alpha value is -1.20. The summed E-state index contributed by atoms with van der Waals surface area (Å²) in [6, 6.07) is 4.62. The number of aryl methyl sites for hydroxylation is 2. The number of aromatic nitrogens is 2. The van der Waals surface area contributed by atoms with Crippen LogP contribution in [0.5, 0.6) is 0 Å². The zero-order chi connectivity index (χ0) is 14.9. The number of nitrogens with zero attached hydrogens (tertiary/aromatic N) is 2. The van der Waals surface area contributed by atoms with E-state index >= 15 is 0 Å². The third kappa shape index (κ3) is 3.10. The van der Waals surface area contributed by atoms with Crippen LogP contribution in [0.1, 0.15) is 35.0 Å². The number of halogens is 2. The Morgan fingerprint density at radius 1 is 1.40 bits per heavy atom. The fraction of sp³-hybridized carbons (Fsp3) is 0.400. The highest BCUT2D eigenvalue weighted by Gasteiger charge is 2.16. The summed E-state index contributed by atoms with van der Waals surface area (Å²) in [7, 11) is 1.90. The fourth-order valence-electron chi connectivity index (χ4n) is 2.39. The molecular formula is C15H18BrFN2O. The minimum atomic E-state index is -0.813. The molecule has 0 amide bonds. The number of hydrogen-bond donors (Lipinski definition) is 1. The van der Waals surface area contributed by atoms with Gasteiger partial charge in [-0.2, -0.15) is 5.10 Å². The highest BCUT2D eigenvalue weighted by molar-refractivity contribution is 9.10. The quantitative estimate of drug-likeness (QED) is 0.923. The molecule has 0 radical (unpaired) electrons. The molecule has 3 nitrogen and oxygen atoms in total. The van der Waals surface area contributed by atoms with Crippen LogP contribution in [0.15, 0.2) is 22.7 Å². The molecule has 0 aliphatic rings. The van der Waals surface area contributed by atoms with E-state index in [1.807, 2.05) is 25.6 Å². The largest absolute Gasteiger partial charge is 0.388 e. The summed E-state index contributed by atoms with van der Waals surface area (Å²) >= 11 is 3.30. The predicted octanol–water partition coefficient (Wildman–Crippen LogP) is 3.60. The minimum absolute atomic E-state index is 0.332. The van der Waals surface area contributed by atoms with Gasteiger partial charge in [0.05, 0.1) is 11.8 Å². The van der Waals surface area contributed by atoms with Crippen molar-refractivity contribution in [2.45, 2.75) is 32.8 Å². The van der Waals surface area contributed by atoms with Gasteiger partial charge in [-0.3, -0.25) is 4.68 Å². The number of rotatable bonds is 4. The molecule has 1 aromatic carbocycles. The average molecular weight is 341 g/mol. The molecule has 0 spiro atoms. The Labute approximate surface area is 126 Å². The monoisotopic (exact) mass is 340 g/mol. The first-order valence-corrected chi connectivity index (χ1v) is 7.31. The van der Waals surface area contributed by atoms with Crippen LogP contribution >= 0.6 is 15.9 Å². The lowest BCUT2D eigenvalue weighted by molar-refractivity contribution is 0.163. The van der Waals surface area contributed by atoms with Gasteiger partial charge in [-0.1, -0.05) is 15.9 Å². The van der Waals surface area contributed by atoms with Crippen molar-refractivity contribution in [2.75, 3.05) is 0 Å². The molecule has 0 bridgehead atoms. The Morgan fingerprint density at radius 3 is 2.70 bits per heavy atom. The summed E-state index contributed by atoms with van der Waals surface area (Å²) < 4.78 is 16.3. The lowest BCUT2D eigenvalue weighted by Crippen LogP contribution is -2.03. The van der Waals surface area contributed by atoms with E-state index in [9.17, 15) is 9.50 Å². The SMILES string of the molecule is Cc1nn(C)c(C)c1CCC(O)c1cc(Br)ccc1F. The van der Waals surface area contributed by atoms with Gasteiger partial charge in [-0.15, -0.1) is 0 Å². The second-order valence-corrected chi connectivity index (χ2v) is 5.91. The van der Waals surface area contributed by atoms with Crippen LogP contribution in [0.2, 0.25) is 0 Å². The van der Waals surface area contributed by atoms with Crippen LogP contribution < -0.4 is 0 Å². The van der Waals surface area contributed by atoms with Crippen molar-refractivity contribution in [3.63, 3.8) is 0 Å². The first kappa shape index (κ1) is 15.2. The Kier molecular flexibility index (Phi) is 4.60. The molecular weight excluding hydrogens is 323 g/mol. The molecule has 0 saturated carbocycles. The lowest BCUT2D eigenvalue weighted by Gasteiger charge is -2.12. The Balaban J connectivity index is 2.12. The van der Waals surface area contributed by atoms with Crippen molar-refractivity contribution in [1.82, 2.24) is 9.78 Å². The maximum absolute atomic E-state index is 13.7. The molecule has 5 heteroatoms. The summed E-state index contributed by atoms with van der Waals surface area (Å²) in [5.41, 5.74) is 3.51. The first-order chi connectivity index (χ1) is 9.40. The van der Waals surface area contributed by atoms with Crippen molar-refractivity contribution in [3.05, 3.63) is 51.0 Å². The third-order valence-electron chi connectivity index (χ3n) is 3.64. The zero-order valence-corrected chi connectivity index (χ0v) is 13.4. The number of aliphatic hydroxyl groups is 1. The van der Waals surface area contributed by atoms with E-state index in [4.69, 9.17) is 0 Å². The molecule has 1 heterocycles. The van der Waals surface area contributed by atoms with Gasteiger partial charge in [0.2, 0.25) is 0 Å². The van der Waals surface area contributed by atoms with Crippen LogP contribution in [0, 0.1) is 19.7 Å². The number of aliphatic hydroxyl groups excluding tert-OH is 1. The molecule has 20 heavy (non-hydrogen) atoms. The maximum Gasteiger partial charge on any atom is 0.129 e. The normalized spacial score (nSPS) is 12.7. The van der Waals surface area contributed by atoms with Gasteiger partial charge in [-0.05, 0) is 50.5 Å². The Bertz CT molecular complexity index is 625. The second kappa shape index (κ2) is 6.06. The van der Waals surface area contributed by atoms with Gasteiger partial charge in [-0.25, -0.2) is 4.39 Å². The van der Waals surface area contributed by atoms with Gasteiger partial charge in [0.15, 0.2) is 0 Å². The van der Waals surface area contributed by atoms with Gasteiger partial charge < -0.3 is 5.11 Å². The van der Waals surface area contributed by atoms with Crippen molar-refractivity contribution in [2.24, 2.45) is 7.05 Å². The van der Waals surface area contributed by atoms with Crippen LogP contribution in [0.4, 0.5) is 4.39 Å². The lowest BCUT2D eigenvalue weighted by atomic mass is 10.00. The zero-order valence-electron chi connectivity index (χ0n) is 11.8. The van der Waals surface area contributed by atoms with Crippen molar-refractivity contribution < 1.29 is 9.50 Å². The van der Waals surface area contributed by atoms with Crippen molar-refractivity contribution >= 4 is 15.9 Å². The smallest absolute Gasteiger partial charge is 0.129 e. The van der Waals surface area contributed by atoms with Crippen molar-refractivity contribution in [3.8, 4) is 0 Å². The van der Waals surface area contributed by atoms with E-state index in [-0.39, 0.29) is 5.82 Å². The minimum Gasteiger partial charge on any atom is -0.388 e. The molecule has 1 N–H and O–H groups in total. The molecule has 2 rings (SSSR count). The van der Waals surface area contributed by atoms with E-state index in [0.29, 0.717) is 18.4 Å². The summed E-state index contributed by atoms with van der Waals surface area (Å²) in [4.78, 5) is 0. The molecule has 0 fully saturated rings. The van der Waals surface area contributed by atoms with Gasteiger partial charge in [0.25, 0.3) is 0 Å². The maximum atomic E-state index is 13.7. The van der Waals surface area contributed by atoms with Crippen LogP contribution in [-0.2, 0) is 13.5 Å². The van der Waals surface area contributed by atoms with Crippen molar-refractivity contribution in [1.29, 1.82) is 0 Å². The van der Waals surface area contributed by atoms with E-state index in [2.05, 4.69) is 21.0 Å². The molecule has 2 aromatic rings. The molecule has 0 aliphatic carbocycles. The molecule has 1 unspecified atom stereocenters. The van der Waals surface area contributed by atoms with E-state index < -0.39 is 6.10 Å².